The molecule has 0 heterocycles. The van der Waals surface area contributed by atoms with E-state index in [-0.39, 0.29) is 5.56 Å². The van der Waals surface area contributed by atoms with Gasteiger partial charge in [0.1, 0.15) is 5.56 Å². The van der Waals surface area contributed by atoms with Crippen molar-refractivity contribution in [1.29, 1.82) is 0 Å². The topological polar surface area (TPSA) is 102 Å². The number of amides is 1. The average molecular weight is 321 g/mol. The molecule has 0 aliphatic rings. The number of ether oxygens (including phenoxy) is 2. The van der Waals surface area contributed by atoms with E-state index in [0.717, 1.165) is 26.4 Å². The first kappa shape index (κ1) is 17.3. The summed E-state index contributed by atoms with van der Waals surface area (Å²) in [4.78, 5) is 33.8. The van der Waals surface area contributed by atoms with Gasteiger partial charge in [0, 0.05) is 0 Å². The molecule has 0 atom stereocenters. The van der Waals surface area contributed by atoms with Crippen molar-refractivity contribution in [1.82, 2.24) is 0 Å². The van der Waals surface area contributed by atoms with Gasteiger partial charge in [-0.05, 0) is 12.1 Å². The van der Waals surface area contributed by atoms with Gasteiger partial charge >= 0.3 is 24.0 Å². The lowest BCUT2D eigenvalue weighted by Crippen LogP contribution is -2.30. The minimum atomic E-state index is -5.22. The van der Waals surface area contributed by atoms with Gasteiger partial charge in [0.2, 0.25) is 0 Å². The van der Waals surface area contributed by atoms with Crippen LogP contribution in [0.2, 0.25) is 0 Å². The molecule has 0 saturated heterocycles. The van der Waals surface area contributed by atoms with E-state index in [2.05, 4.69) is 9.47 Å². The van der Waals surface area contributed by atoms with Crippen molar-refractivity contribution < 1.29 is 42.1 Å². The Bertz CT molecular complexity index is 626. The average Bonchev–Trinajstić information content (AvgIpc) is 2.46. The lowest BCUT2D eigenvalue weighted by Gasteiger charge is -2.13. The van der Waals surface area contributed by atoms with Gasteiger partial charge in [-0.25, -0.2) is 9.59 Å². The van der Waals surface area contributed by atoms with Gasteiger partial charge in [-0.1, -0.05) is 0 Å². The second kappa shape index (κ2) is 6.33. The molecule has 1 amide bonds. The van der Waals surface area contributed by atoms with Gasteiger partial charge in [0.15, 0.2) is 5.75 Å². The highest BCUT2D eigenvalue weighted by atomic mass is 19.4. The molecule has 2 N–H and O–H groups in total. The number of rotatable bonds is 3. The fraction of sp³-hybridized carbons (Fsp3) is 0.250. The second-order valence-electron chi connectivity index (χ2n) is 3.86. The van der Waals surface area contributed by atoms with Crippen LogP contribution in [0.25, 0.3) is 0 Å². The van der Waals surface area contributed by atoms with E-state index < -0.39 is 41.0 Å². The maximum absolute atomic E-state index is 12.2. The van der Waals surface area contributed by atoms with Crippen molar-refractivity contribution in [3.63, 3.8) is 0 Å². The zero-order valence-electron chi connectivity index (χ0n) is 11.3. The van der Waals surface area contributed by atoms with E-state index >= 15 is 0 Å². The third kappa shape index (κ3) is 3.65. The molecule has 0 spiro atoms. The zero-order valence-corrected chi connectivity index (χ0v) is 11.3. The second-order valence-corrected chi connectivity index (χ2v) is 3.86. The van der Waals surface area contributed by atoms with E-state index in [9.17, 15) is 32.7 Å². The number of carbonyl (C=O) groups is 3. The Balaban J connectivity index is 3.39. The molecule has 0 fully saturated rings. The summed E-state index contributed by atoms with van der Waals surface area (Å²) in [5.74, 6) is -5.48. The highest BCUT2D eigenvalue weighted by Gasteiger charge is 2.39. The fourth-order valence-electron chi connectivity index (χ4n) is 1.42. The van der Waals surface area contributed by atoms with E-state index in [1.807, 2.05) is 0 Å². The summed E-state index contributed by atoms with van der Waals surface area (Å²) in [5, 5.41) is 11.1. The van der Waals surface area contributed by atoms with Crippen LogP contribution in [-0.4, -0.2) is 43.3 Å². The van der Waals surface area contributed by atoms with Crippen LogP contribution in [-0.2, 0) is 14.3 Å². The van der Waals surface area contributed by atoms with Gasteiger partial charge in [-0.2, -0.15) is 13.2 Å². The summed E-state index contributed by atoms with van der Waals surface area (Å²) in [6.45, 7) is 0. The number of alkyl halides is 3. The number of phenolic OH excluding ortho intramolecular Hbond substituents is 1. The van der Waals surface area contributed by atoms with Crippen LogP contribution in [0.5, 0.6) is 5.75 Å². The number of aromatic hydroxyl groups is 1. The molecule has 0 saturated carbocycles. The Hall–Kier alpha value is -2.78. The maximum atomic E-state index is 12.2. The van der Waals surface area contributed by atoms with Crippen molar-refractivity contribution in [2.45, 2.75) is 6.18 Å². The molecule has 7 nitrogen and oxygen atoms in total. The smallest absolute Gasteiger partial charge is 0.471 e. The maximum Gasteiger partial charge on any atom is 0.471 e. The first-order valence-corrected chi connectivity index (χ1v) is 5.53. The summed E-state index contributed by atoms with van der Waals surface area (Å²) < 4.78 is 45.4. The predicted molar refractivity (Wildman–Crippen MR) is 65.5 cm³/mol. The molecule has 1 aromatic carbocycles. The highest BCUT2D eigenvalue weighted by molar-refractivity contribution is 6.03. The monoisotopic (exact) mass is 321 g/mol. The lowest BCUT2D eigenvalue weighted by molar-refractivity contribution is -0.167. The Labute approximate surface area is 121 Å². The van der Waals surface area contributed by atoms with E-state index in [4.69, 9.17) is 0 Å². The number of carbonyl (C=O) groups excluding carboxylic acids is 3. The minimum Gasteiger partial charge on any atom is -0.505 e. The quantitative estimate of drug-likeness (QED) is 0.645. The SMILES string of the molecule is COC(=O)c1cc(NC(=O)C(F)(F)F)c(O)c(C(=O)OC)c1. The van der Waals surface area contributed by atoms with Gasteiger partial charge in [0.25, 0.3) is 0 Å². The van der Waals surface area contributed by atoms with Crippen molar-refractivity contribution in [2.75, 3.05) is 19.5 Å². The first-order chi connectivity index (χ1) is 10.1. The molecule has 0 radical (unpaired) electrons. The summed E-state index contributed by atoms with van der Waals surface area (Å²) >= 11 is 0. The number of esters is 2. The van der Waals surface area contributed by atoms with E-state index in [1.165, 1.54) is 5.32 Å². The molecule has 22 heavy (non-hydrogen) atoms. The molecule has 1 aromatic rings. The van der Waals surface area contributed by atoms with Crippen LogP contribution in [0, 0.1) is 0 Å². The molecule has 0 aliphatic heterocycles. The Morgan fingerprint density at radius 1 is 1.09 bits per heavy atom. The molecule has 0 aromatic heterocycles. The van der Waals surface area contributed by atoms with Crippen LogP contribution in [0.15, 0.2) is 12.1 Å². The number of methoxy groups -OCH3 is 2. The number of benzene rings is 1. The lowest BCUT2D eigenvalue weighted by atomic mass is 10.1. The van der Waals surface area contributed by atoms with Crippen LogP contribution in [0.1, 0.15) is 20.7 Å². The van der Waals surface area contributed by atoms with Crippen molar-refractivity contribution in [2.24, 2.45) is 0 Å². The fourth-order valence-corrected chi connectivity index (χ4v) is 1.42. The first-order valence-electron chi connectivity index (χ1n) is 5.53. The number of anilines is 1. The Morgan fingerprint density at radius 3 is 2.09 bits per heavy atom. The third-order valence-electron chi connectivity index (χ3n) is 2.44. The summed E-state index contributed by atoms with van der Waals surface area (Å²) in [6.07, 6.45) is -5.22. The molecule has 10 heteroatoms. The van der Waals surface area contributed by atoms with Gasteiger partial charge in [-0.3, -0.25) is 4.79 Å². The van der Waals surface area contributed by atoms with Crippen molar-refractivity contribution >= 4 is 23.5 Å². The van der Waals surface area contributed by atoms with E-state index in [1.54, 1.807) is 0 Å². The van der Waals surface area contributed by atoms with Crippen LogP contribution in [0.4, 0.5) is 18.9 Å². The summed E-state index contributed by atoms with van der Waals surface area (Å²) in [5.41, 5.74) is -1.76. The number of halogens is 3. The highest BCUT2D eigenvalue weighted by Crippen LogP contribution is 2.31. The third-order valence-corrected chi connectivity index (χ3v) is 2.44. The summed E-state index contributed by atoms with van der Waals surface area (Å²) in [7, 11) is 1.96. The number of hydrogen-bond donors (Lipinski definition) is 2. The molecular formula is C12H10F3NO6. The van der Waals surface area contributed by atoms with Crippen LogP contribution < -0.4 is 5.32 Å². The van der Waals surface area contributed by atoms with Gasteiger partial charge < -0.3 is 19.9 Å². The number of phenols is 1. The van der Waals surface area contributed by atoms with Crippen LogP contribution in [0.3, 0.4) is 0 Å². The standard InChI is InChI=1S/C12H10F3NO6/c1-21-9(18)5-3-6(10(19)22-2)8(17)7(4-5)16-11(20)12(13,14)15/h3-4,17H,1-2H3,(H,16,20). The zero-order chi connectivity index (χ0) is 17.1. The normalized spacial score (nSPS) is 10.8. The Kier molecular flexibility index (Phi) is 4.97. The molecule has 120 valence electrons. The number of hydrogen-bond acceptors (Lipinski definition) is 6. The van der Waals surface area contributed by atoms with Crippen LogP contribution >= 0.6 is 0 Å². The van der Waals surface area contributed by atoms with Crippen molar-refractivity contribution in [3.8, 4) is 5.75 Å². The minimum absolute atomic E-state index is 0.363. The number of nitrogens with one attached hydrogen (secondary N) is 1. The summed E-state index contributed by atoms with van der Waals surface area (Å²) in [6, 6.07) is 1.59. The predicted octanol–water partition coefficient (Wildman–Crippen LogP) is 1.47. The van der Waals surface area contributed by atoms with Gasteiger partial charge in [0.05, 0.1) is 25.5 Å². The largest absolute Gasteiger partial charge is 0.505 e. The molecule has 0 aliphatic carbocycles. The molecular weight excluding hydrogens is 311 g/mol. The Morgan fingerprint density at radius 2 is 1.64 bits per heavy atom. The van der Waals surface area contributed by atoms with Gasteiger partial charge in [-0.15, -0.1) is 0 Å². The molecule has 1 rings (SSSR count). The molecule has 0 bridgehead atoms. The van der Waals surface area contributed by atoms with Crippen molar-refractivity contribution in [3.05, 3.63) is 23.3 Å². The molecule has 0 unspecified atom stereocenters. The van der Waals surface area contributed by atoms with E-state index in [0.29, 0.717) is 0 Å².